The molecule has 158 valence electrons. The zero-order valence-electron chi connectivity index (χ0n) is 17.4. The van der Waals surface area contributed by atoms with Crippen molar-refractivity contribution < 1.29 is 9.47 Å². The number of halogens is 1. The Morgan fingerprint density at radius 1 is 1.13 bits per heavy atom. The summed E-state index contributed by atoms with van der Waals surface area (Å²) in [7, 11) is 1.60. The third-order valence-corrected chi connectivity index (χ3v) is 5.97. The van der Waals surface area contributed by atoms with Gasteiger partial charge in [-0.1, -0.05) is 15.9 Å². The van der Waals surface area contributed by atoms with Gasteiger partial charge in [0.1, 0.15) is 17.3 Å². The van der Waals surface area contributed by atoms with Gasteiger partial charge >= 0.3 is 0 Å². The highest BCUT2D eigenvalue weighted by atomic mass is 79.9. The van der Waals surface area contributed by atoms with Crippen LogP contribution >= 0.6 is 15.9 Å². The number of ether oxygens (including phenoxy) is 2. The fraction of sp³-hybridized carbons (Fsp3) is 0.391. The van der Waals surface area contributed by atoms with Crippen LogP contribution in [0.25, 0.3) is 16.6 Å². The first kappa shape index (κ1) is 20.9. The number of benzene rings is 2. The van der Waals surface area contributed by atoms with Crippen LogP contribution in [-0.4, -0.2) is 47.8 Å². The predicted octanol–water partition coefficient (Wildman–Crippen LogP) is 4.33. The molecule has 4 rings (SSSR count). The van der Waals surface area contributed by atoms with Crippen LogP contribution in [0.3, 0.4) is 0 Å². The van der Waals surface area contributed by atoms with Gasteiger partial charge in [-0.3, -0.25) is 9.36 Å². The lowest BCUT2D eigenvalue weighted by atomic mass is 10.2. The molecule has 0 saturated carbocycles. The van der Waals surface area contributed by atoms with Gasteiger partial charge in [-0.15, -0.1) is 0 Å². The largest absolute Gasteiger partial charge is 0.494 e. The van der Waals surface area contributed by atoms with Crippen LogP contribution in [0.5, 0.6) is 11.5 Å². The lowest BCUT2D eigenvalue weighted by Crippen LogP contribution is -2.23. The van der Waals surface area contributed by atoms with Crippen LogP contribution in [0, 0.1) is 6.92 Å². The zero-order valence-corrected chi connectivity index (χ0v) is 18.9. The predicted molar refractivity (Wildman–Crippen MR) is 122 cm³/mol. The van der Waals surface area contributed by atoms with E-state index >= 15 is 0 Å². The highest BCUT2D eigenvalue weighted by Gasteiger charge is 2.15. The quantitative estimate of drug-likeness (QED) is 0.480. The van der Waals surface area contributed by atoms with Crippen molar-refractivity contribution in [2.45, 2.75) is 26.2 Å². The van der Waals surface area contributed by atoms with Gasteiger partial charge in [0.2, 0.25) is 0 Å². The average molecular weight is 472 g/mol. The molecule has 1 aromatic heterocycles. The molecule has 3 aromatic rings. The van der Waals surface area contributed by atoms with Gasteiger partial charge in [0.25, 0.3) is 5.56 Å². The van der Waals surface area contributed by atoms with Gasteiger partial charge in [0.05, 0.1) is 30.3 Å². The first-order valence-corrected chi connectivity index (χ1v) is 11.1. The van der Waals surface area contributed by atoms with Crippen molar-refractivity contribution >= 4 is 26.8 Å². The Morgan fingerprint density at radius 3 is 2.70 bits per heavy atom. The molecule has 1 aliphatic heterocycles. The van der Waals surface area contributed by atoms with Crippen molar-refractivity contribution in [3.8, 4) is 17.2 Å². The maximum Gasteiger partial charge on any atom is 0.266 e. The summed E-state index contributed by atoms with van der Waals surface area (Å²) in [4.78, 5) is 20.3. The molecular formula is C23H26BrN3O3. The molecule has 30 heavy (non-hydrogen) atoms. The van der Waals surface area contributed by atoms with E-state index in [0.717, 1.165) is 23.2 Å². The summed E-state index contributed by atoms with van der Waals surface area (Å²) in [6.07, 6.45) is 3.60. The minimum absolute atomic E-state index is 0.128. The molecular weight excluding hydrogens is 446 g/mol. The molecule has 6 nitrogen and oxygen atoms in total. The highest BCUT2D eigenvalue weighted by Crippen LogP contribution is 2.28. The number of aryl methyl sites for hydroxylation is 1. The second-order valence-electron chi connectivity index (χ2n) is 7.55. The zero-order chi connectivity index (χ0) is 21.1. The Labute approximate surface area is 184 Å². The Morgan fingerprint density at radius 2 is 1.93 bits per heavy atom. The van der Waals surface area contributed by atoms with E-state index in [9.17, 15) is 4.79 Å². The Kier molecular flexibility index (Phi) is 6.39. The number of hydrogen-bond donors (Lipinski definition) is 0. The lowest BCUT2D eigenvalue weighted by molar-refractivity contribution is 0.262. The molecule has 0 radical (unpaired) electrons. The van der Waals surface area contributed by atoms with Gasteiger partial charge < -0.3 is 14.4 Å². The molecule has 0 spiro atoms. The molecule has 2 aromatic carbocycles. The summed E-state index contributed by atoms with van der Waals surface area (Å²) in [6, 6.07) is 11.1. The van der Waals surface area contributed by atoms with E-state index in [-0.39, 0.29) is 5.56 Å². The van der Waals surface area contributed by atoms with Crippen LogP contribution in [0.15, 0.2) is 45.7 Å². The minimum Gasteiger partial charge on any atom is -0.494 e. The van der Waals surface area contributed by atoms with Crippen molar-refractivity contribution in [2.24, 2.45) is 0 Å². The third kappa shape index (κ3) is 4.37. The summed E-state index contributed by atoms with van der Waals surface area (Å²) < 4.78 is 13.9. The third-order valence-electron chi connectivity index (χ3n) is 5.48. The van der Waals surface area contributed by atoms with Gasteiger partial charge in [-0.05, 0) is 69.6 Å². The van der Waals surface area contributed by atoms with Crippen LogP contribution in [0.1, 0.15) is 25.1 Å². The van der Waals surface area contributed by atoms with Crippen molar-refractivity contribution in [1.82, 2.24) is 14.5 Å². The summed E-state index contributed by atoms with van der Waals surface area (Å²) in [6.45, 7) is 5.96. The average Bonchev–Trinajstić information content (AvgIpc) is 3.26. The standard InChI is InChI=1S/C23H26BrN3O3/c1-16-25-20-8-6-17(24)14-19(20)23(28)27(16)21-9-7-18(15-22(21)29-2)30-13-5-12-26-10-3-4-11-26/h6-9,14-15H,3-5,10-13H2,1-2H3. The summed E-state index contributed by atoms with van der Waals surface area (Å²) >= 11 is 3.43. The maximum absolute atomic E-state index is 13.2. The molecule has 1 fully saturated rings. The maximum atomic E-state index is 13.2. The smallest absolute Gasteiger partial charge is 0.266 e. The Hall–Kier alpha value is -2.38. The molecule has 0 N–H and O–H groups in total. The first-order chi connectivity index (χ1) is 14.6. The molecule has 0 atom stereocenters. The highest BCUT2D eigenvalue weighted by molar-refractivity contribution is 9.10. The van der Waals surface area contributed by atoms with Crippen molar-refractivity contribution in [2.75, 3.05) is 33.4 Å². The Bertz CT molecular complexity index is 1110. The molecule has 0 aliphatic carbocycles. The van der Waals surface area contributed by atoms with Crippen molar-refractivity contribution in [3.05, 3.63) is 57.0 Å². The van der Waals surface area contributed by atoms with E-state index in [1.54, 1.807) is 17.7 Å². The molecule has 0 amide bonds. The fourth-order valence-corrected chi connectivity index (χ4v) is 4.33. The summed E-state index contributed by atoms with van der Waals surface area (Å²) in [5.74, 6) is 1.92. The number of hydrogen-bond acceptors (Lipinski definition) is 5. The van der Waals surface area contributed by atoms with E-state index in [2.05, 4.69) is 25.8 Å². The first-order valence-electron chi connectivity index (χ1n) is 10.3. The lowest BCUT2D eigenvalue weighted by Gasteiger charge is -2.17. The molecule has 0 unspecified atom stereocenters. The van der Waals surface area contributed by atoms with Gasteiger partial charge in [0.15, 0.2) is 0 Å². The van der Waals surface area contributed by atoms with Crippen molar-refractivity contribution in [3.63, 3.8) is 0 Å². The number of aromatic nitrogens is 2. The number of rotatable bonds is 7. The molecule has 0 bridgehead atoms. The molecule has 2 heterocycles. The fourth-order valence-electron chi connectivity index (χ4n) is 3.97. The normalized spacial score (nSPS) is 14.4. The number of likely N-dealkylation sites (tertiary alicyclic amines) is 1. The second-order valence-corrected chi connectivity index (χ2v) is 8.46. The van der Waals surface area contributed by atoms with E-state index in [4.69, 9.17) is 9.47 Å². The van der Waals surface area contributed by atoms with E-state index in [1.807, 2.05) is 37.3 Å². The summed E-state index contributed by atoms with van der Waals surface area (Å²) in [5.41, 5.74) is 1.20. The minimum atomic E-state index is -0.128. The summed E-state index contributed by atoms with van der Waals surface area (Å²) in [5, 5.41) is 0.555. The number of nitrogens with zero attached hydrogens (tertiary/aromatic N) is 3. The van der Waals surface area contributed by atoms with E-state index < -0.39 is 0 Å². The second kappa shape index (κ2) is 9.18. The SMILES string of the molecule is COc1cc(OCCCN2CCCC2)ccc1-n1c(C)nc2ccc(Br)cc2c1=O. The van der Waals surface area contributed by atoms with Crippen LogP contribution in [0.2, 0.25) is 0 Å². The number of fused-ring (bicyclic) bond motifs is 1. The van der Waals surface area contributed by atoms with Crippen LogP contribution in [-0.2, 0) is 0 Å². The van der Waals surface area contributed by atoms with E-state index in [1.165, 1.54) is 25.9 Å². The van der Waals surface area contributed by atoms with Crippen LogP contribution < -0.4 is 15.0 Å². The Balaban J connectivity index is 1.58. The van der Waals surface area contributed by atoms with Crippen LogP contribution in [0.4, 0.5) is 0 Å². The monoisotopic (exact) mass is 471 g/mol. The van der Waals surface area contributed by atoms with Gasteiger partial charge in [0, 0.05) is 17.1 Å². The molecule has 1 aliphatic rings. The van der Waals surface area contributed by atoms with Gasteiger partial charge in [-0.25, -0.2) is 4.98 Å². The van der Waals surface area contributed by atoms with Crippen molar-refractivity contribution in [1.29, 1.82) is 0 Å². The van der Waals surface area contributed by atoms with E-state index in [0.29, 0.717) is 34.8 Å². The van der Waals surface area contributed by atoms with Gasteiger partial charge in [-0.2, -0.15) is 0 Å². The topological polar surface area (TPSA) is 56.6 Å². The molecule has 1 saturated heterocycles. The number of methoxy groups -OCH3 is 1. The molecule has 7 heteroatoms.